The number of ketones is 1. The zero-order valence-corrected chi connectivity index (χ0v) is 25.1. The van der Waals surface area contributed by atoms with Gasteiger partial charge in [-0.2, -0.15) is 0 Å². The molecule has 1 aromatic heterocycles. The van der Waals surface area contributed by atoms with Gasteiger partial charge in [0.05, 0.1) is 6.04 Å². The van der Waals surface area contributed by atoms with E-state index in [9.17, 15) is 24.3 Å². The van der Waals surface area contributed by atoms with Crippen molar-refractivity contribution < 1.29 is 28.7 Å². The highest BCUT2D eigenvalue weighted by Gasteiger charge is 2.35. The van der Waals surface area contributed by atoms with Gasteiger partial charge in [0.25, 0.3) is 5.89 Å². The van der Waals surface area contributed by atoms with Crippen molar-refractivity contribution in [3.63, 3.8) is 0 Å². The Kier molecular flexibility index (Phi) is 9.57. The number of hydrogen-bond donors (Lipinski definition) is 2. The molecule has 0 radical (unpaired) electrons. The molecule has 0 unspecified atom stereocenters. The molecule has 10 nitrogen and oxygen atoms in total. The summed E-state index contributed by atoms with van der Waals surface area (Å²) < 4.78 is 5.92. The van der Waals surface area contributed by atoms with E-state index >= 15 is 0 Å². The summed E-state index contributed by atoms with van der Waals surface area (Å²) in [5.74, 6) is -1.17. The number of hydrogen-bond acceptors (Lipinski definition) is 6. The van der Waals surface area contributed by atoms with Crippen LogP contribution in [0.5, 0.6) is 0 Å². The first-order chi connectivity index (χ1) is 21.2. The van der Waals surface area contributed by atoms with Crippen LogP contribution in [0.1, 0.15) is 55.8 Å². The van der Waals surface area contributed by atoms with Gasteiger partial charge in [-0.15, -0.1) is 0 Å². The topological polar surface area (TPSA) is 133 Å². The molecule has 5 rings (SSSR count). The van der Waals surface area contributed by atoms with E-state index in [0.717, 1.165) is 16.3 Å². The quantitative estimate of drug-likeness (QED) is 0.210. The van der Waals surface area contributed by atoms with E-state index in [4.69, 9.17) is 4.42 Å². The van der Waals surface area contributed by atoms with Gasteiger partial charge in [0.2, 0.25) is 11.7 Å². The second kappa shape index (κ2) is 13.7. The van der Waals surface area contributed by atoms with Crippen molar-refractivity contribution >= 4 is 45.7 Å². The molecule has 0 spiro atoms. The molecule has 44 heavy (non-hydrogen) atoms. The monoisotopic (exact) mass is 598 g/mol. The number of aromatic nitrogens is 1. The average molecular weight is 599 g/mol. The summed E-state index contributed by atoms with van der Waals surface area (Å²) in [6.45, 7) is 4.67. The Bertz CT molecular complexity index is 1640. The van der Waals surface area contributed by atoms with Gasteiger partial charge < -0.3 is 19.7 Å². The third-order valence-electron chi connectivity index (χ3n) is 8.23. The molecule has 3 aromatic carbocycles. The molecule has 2 heterocycles. The average Bonchev–Trinajstić information content (AvgIpc) is 3.48. The van der Waals surface area contributed by atoms with Crippen LogP contribution in [-0.2, 0) is 11.2 Å². The lowest BCUT2D eigenvalue weighted by Gasteiger charge is -2.33. The van der Waals surface area contributed by atoms with E-state index in [0.29, 0.717) is 36.8 Å². The van der Waals surface area contributed by atoms with E-state index in [1.807, 2.05) is 74.5 Å². The number of nitrogens with one attached hydrogen (secondary N) is 1. The summed E-state index contributed by atoms with van der Waals surface area (Å²) >= 11 is 0. The summed E-state index contributed by atoms with van der Waals surface area (Å²) in [5.41, 5.74) is 2.05. The number of piperidine rings is 1. The Hall–Kier alpha value is -4.73. The third kappa shape index (κ3) is 7.07. The number of Topliss-reactive ketones (excluding diaryl/α,β-unsaturated/α-hetero) is 1. The molecule has 2 N–H and O–H groups in total. The molecule has 4 aromatic rings. The number of carbonyl (C=O) groups is 4. The lowest BCUT2D eigenvalue weighted by atomic mass is 9.95. The van der Waals surface area contributed by atoms with Crippen LogP contribution >= 0.6 is 0 Å². The van der Waals surface area contributed by atoms with Crippen molar-refractivity contribution in [1.82, 2.24) is 20.1 Å². The largest absolute Gasteiger partial charge is 0.465 e. The first kappa shape index (κ1) is 30.7. The van der Waals surface area contributed by atoms with Gasteiger partial charge in [-0.3, -0.25) is 14.5 Å². The number of rotatable bonds is 10. The van der Waals surface area contributed by atoms with Crippen molar-refractivity contribution in [1.29, 1.82) is 0 Å². The van der Waals surface area contributed by atoms with Crippen molar-refractivity contribution in [3.05, 3.63) is 78.2 Å². The molecule has 1 aliphatic heterocycles. The number of carbonyl (C=O) groups excluding carboxylic acids is 3. The van der Waals surface area contributed by atoms with Crippen LogP contribution in [0.4, 0.5) is 9.59 Å². The minimum atomic E-state index is -1.02. The van der Waals surface area contributed by atoms with Crippen LogP contribution < -0.4 is 5.32 Å². The highest BCUT2D eigenvalue weighted by Crippen LogP contribution is 2.27. The Labute approximate surface area is 256 Å². The number of urea groups is 1. The predicted molar refractivity (Wildman–Crippen MR) is 166 cm³/mol. The van der Waals surface area contributed by atoms with Gasteiger partial charge in [0.15, 0.2) is 5.58 Å². The first-order valence-electron chi connectivity index (χ1n) is 15.2. The molecule has 0 bridgehead atoms. The highest BCUT2D eigenvalue weighted by atomic mass is 16.4. The zero-order valence-electron chi connectivity index (χ0n) is 25.1. The van der Waals surface area contributed by atoms with Gasteiger partial charge in [-0.1, -0.05) is 74.5 Å². The molecule has 1 fully saturated rings. The van der Waals surface area contributed by atoms with Crippen molar-refractivity contribution in [2.45, 2.75) is 52.0 Å². The van der Waals surface area contributed by atoms with Crippen molar-refractivity contribution in [2.24, 2.45) is 11.8 Å². The number of benzene rings is 3. The van der Waals surface area contributed by atoms with E-state index in [1.54, 1.807) is 6.07 Å². The standard InChI is InChI=1S/C34H38N4O6/c1-22(2)16-21-38(32(40)25-17-19-37(20-18-25)34(42)43)33(41)35-27(14-12-23-8-4-3-5-9-23)30(39)31-36-29-26-11-7-6-10-24(26)13-15-28(29)44-31/h3-11,13,15,22,25,27H,12,14,16-21H2,1-2H3,(H,35,41)(H,42,43)/t27-/m0/s1. The van der Waals surface area contributed by atoms with Crippen LogP contribution in [0.2, 0.25) is 0 Å². The summed E-state index contributed by atoms with van der Waals surface area (Å²) in [7, 11) is 0. The lowest BCUT2D eigenvalue weighted by molar-refractivity contribution is -0.134. The summed E-state index contributed by atoms with van der Waals surface area (Å²) in [4.78, 5) is 59.8. The number of fused-ring (bicyclic) bond motifs is 3. The molecular weight excluding hydrogens is 560 g/mol. The molecule has 1 aliphatic rings. The fourth-order valence-electron chi connectivity index (χ4n) is 5.60. The summed E-state index contributed by atoms with van der Waals surface area (Å²) in [5, 5.41) is 14.0. The summed E-state index contributed by atoms with van der Waals surface area (Å²) in [6, 6.07) is 19.4. The SMILES string of the molecule is CC(C)CCN(C(=O)N[C@@H](CCc1ccccc1)C(=O)c1nc2c(ccc3ccccc32)o1)C(=O)C1CCN(C(=O)O)CC1. The second-order valence-corrected chi connectivity index (χ2v) is 11.8. The number of carboxylic acid groups (broad SMARTS) is 1. The van der Waals surface area contributed by atoms with Crippen LogP contribution in [-0.4, -0.2) is 69.4 Å². The molecule has 0 saturated carbocycles. The Balaban J connectivity index is 1.40. The van der Waals surface area contributed by atoms with E-state index in [1.165, 1.54) is 9.80 Å². The Morgan fingerprint density at radius 2 is 1.68 bits per heavy atom. The minimum absolute atomic E-state index is 0.101. The fourth-order valence-corrected chi connectivity index (χ4v) is 5.60. The third-order valence-corrected chi connectivity index (χ3v) is 8.23. The maximum atomic E-state index is 13.9. The fraction of sp³-hybridized carbons (Fsp3) is 0.382. The van der Waals surface area contributed by atoms with E-state index < -0.39 is 29.9 Å². The zero-order chi connectivity index (χ0) is 31.2. The second-order valence-electron chi connectivity index (χ2n) is 11.8. The maximum absolute atomic E-state index is 13.9. The molecule has 0 aliphatic carbocycles. The predicted octanol–water partition coefficient (Wildman–Crippen LogP) is 6.14. The molecule has 4 amide bonds. The summed E-state index contributed by atoms with van der Waals surface area (Å²) in [6.07, 6.45) is 1.03. The van der Waals surface area contributed by atoms with Gasteiger partial charge in [-0.05, 0) is 55.0 Å². The molecule has 230 valence electrons. The van der Waals surface area contributed by atoms with Gasteiger partial charge >= 0.3 is 12.1 Å². The molecule has 1 saturated heterocycles. The van der Waals surface area contributed by atoms with E-state index in [2.05, 4.69) is 10.3 Å². The van der Waals surface area contributed by atoms with Crippen LogP contribution in [0.15, 0.2) is 71.1 Å². The normalized spacial score (nSPS) is 14.6. The maximum Gasteiger partial charge on any atom is 0.407 e. The lowest BCUT2D eigenvalue weighted by Crippen LogP contribution is -2.53. The van der Waals surface area contributed by atoms with Crippen LogP contribution in [0.3, 0.4) is 0 Å². The number of amides is 4. The Morgan fingerprint density at radius 3 is 2.39 bits per heavy atom. The van der Waals surface area contributed by atoms with Crippen molar-refractivity contribution in [3.8, 4) is 0 Å². The van der Waals surface area contributed by atoms with Crippen molar-refractivity contribution in [2.75, 3.05) is 19.6 Å². The highest BCUT2D eigenvalue weighted by molar-refractivity contribution is 6.07. The van der Waals surface area contributed by atoms with Gasteiger partial charge in [0.1, 0.15) is 5.52 Å². The molecule has 10 heteroatoms. The van der Waals surface area contributed by atoms with Gasteiger partial charge in [-0.25, -0.2) is 14.6 Å². The molecule has 1 atom stereocenters. The minimum Gasteiger partial charge on any atom is -0.465 e. The van der Waals surface area contributed by atoms with Gasteiger partial charge in [0, 0.05) is 30.9 Å². The number of likely N-dealkylation sites (tertiary alicyclic amines) is 1. The number of imide groups is 1. The van der Waals surface area contributed by atoms with Crippen LogP contribution in [0.25, 0.3) is 21.9 Å². The number of aryl methyl sites for hydroxylation is 1. The molecular formula is C34H38N4O6. The first-order valence-corrected chi connectivity index (χ1v) is 15.2. The smallest absolute Gasteiger partial charge is 0.407 e. The van der Waals surface area contributed by atoms with Crippen LogP contribution in [0, 0.1) is 11.8 Å². The van der Waals surface area contributed by atoms with E-state index in [-0.39, 0.29) is 43.8 Å². The number of nitrogens with zero attached hydrogens (tertiary/aromatic N) is 3. The number of oxazole rings is 1. The Morgan fingerprint density at radius 1 is 0.977 bits per heavy atom.